The SMILES string of the molecule is COC(=O)CCCN(C)C(=O)c1ccc(SCc2cn3ccccc3n2)cc1. The quantitative estimate of drug-likeness (QED) is 0.429. The minimum atomic E-state index is -0.257. The third kappa shape index (κ3) is 5.13. The summed E-state index contributed by atoms with van der Waals surface area (Å²) in [5, 5.41) is 0. The Kier molecular flexibility index (Phi) is 6.71. The van der Waals surface area contributed by atoms with Crippen molar-refractivity contribution in [2.24, 2.45) is 0 Å². The molecule has 0 fully saturated rings. The number of amides is 1. The molecule has 0 aliphatic carbocycles. The van der Waals surface area contributed by atoms with Crippen LogP contribution in [-0.2, 0) is 15.3 Å². The lowest BCUT2D eigenvalue weighted by atomic mass is 10.2. The number of benzene rings is 1. The Hall–Kier alpha value is -2.80. The van der Waals surface area contributed by atoms with Gasteiger partial charge < -0.3 is 14.0 Å². The Morgan fingerprint density at radius 2 is 1.96 bits per heavy atom. The predicted molar refractivity (Wildman–Crippen MR) is 109 cm³/mol. The highest BCUT2D eigenvalue weighted by Gasteiger charge is 2.12. The minimum absolute atomic E-state index is 0.0539. The molecule has 0 saturated heterocycles. The molecule has 0 atom stereocenters. The summed E-state index contributed by atoms with van der Waals surface area (Å²) in [7, 11) is 3.11. The first-order valence-electron chi connectivity index (χ1n) is 9.04. The van der Waals surface area contributed by atoms with Crippen molar-refractivity contribution in [3.05, 3.63) is 66.1 Å². The van der Waals surface area contributed by atoms with Gasteiger partial charge in [0.25, 0.3) is 5.91 Å². The van der Waals surface area contributed by atoms with E-state index in [9.17, 15) is 9.59 Å². The summed E-state index contributed by atoms with van der Waals surface area (Å²) in [4.78, 5) is 30.9. The first kappa shape index (κ1) is 19.9. The summed E-state index contributed by atoms with van der Waals surface area (Å²) in [5.41, 5.74) is 2.59. The number of nitrogens with zero attached hydrogens (tertiary/aromatic N) is 3. The van der Waals surface area contributed by atoms with E-state index in [4.69, 9.17) is 0 Å². The molecule has 3 aromatic rings. The van der Waals surface area contributed by atoms with Gasteiger partial charge in [-0.3, -0.25) is 9.59 Å². The second-order valence-electron chi connectivity index (χ2n) is 6.42. The molecule has 0 unspecified atom stereocenters. The highest BCUT2D eigenvalue weighted by Crippen LogP contribution is 2.23. The lowest BCUT2D eigenvalue weighted by Gasteiger charge is -2.17. The highest BCUT2D eigenvalue weighted by atomic mass is 32.2. The molecule has 0 radical (unpaired) electrons. The van der Waals surface area contributed by atoms with Gasteiger partial charge in [0.2, 0.25) is 0 Å². The van der Waals surface area contributed by atoms with Gasteiger partial charge in [-0.15, -0.1) is 11.8 Å². The van der Waals surface area contributed by atoms with E-state index in [-0.39, 0.29) is 11.9 Å². The summed E-state index contributed by atoms with van der Waals surface area (Å²) in [6, 6.07) is 13.5. The maximum Gasteiger partial charge on any atom is 0.305 e. The summed E-state index contributed by atoms with van der Waals surface area (Å²) in [6.45, 7) is 0.512. The van der Waals surface area contributed by atoms with Crippen molar-refractivity contribution in [1.82, 2.24) is 14.3 Å². The average molecular weight is 398 g/mol. The number of hydrogen-bond donors (Lipinski definition) is 0. The molecule has 6 nitrogen and oxygen atoms in total. The Morgan fingerprint density at radius 3 is 2.68 bits per heavy atom. The number of rotatable bonds is 8. The number of carbonyl (C=O) groups is 2. The van der Waals surface area contributed by atoms with E-state index < -0.39 is 0 Å². The minimum Gasteiger partial charge on any atom is -0.469 e. The molecule has 2 heterocycles. The van der Waals surface area contributed by atoms with Gasteiger partial charge in [-0.2, -0.15) is 0 Å². The van der Waals surface area contributed by atoms with Gasteiger partial charge in [0.05, 0.1) is 12.8 Å². The van der Waals surface area contributed by atoms with Gasteiger partial charge in [-0.1, -0.05) is 6.07 Å². The van der Waals surface area contributed by atoms with Crippen LogP contribution in [0, 0.1) is 0 Å². The summed E-state index contributed by atoms with van der Waals surface area (Å²) >= 11 is 1.69. The van der Waals surface area contributed by atoms with Crippen molar-refractivity contribution in [3.8, 4) is 0 Å². The van der Waals surface area contributed by atoms with Crippen LogP contribution >= 0.6 is 11.8 Å². The zero-order valence-corrected chi connectivity index (χ0v) is 16.8. The van der Waals surface area contributed by atoms with Gasteiger partial charge in [0.15, 0.2) is 0 Å². The number of carbonyl (C=O) groups excluding carboxylic acids is 2. The van der Waals surface area contributed by atoms with Crippen LogP contribution in [0.25, 0.3) is 5.65 Å². The summed E-state index contributed by atoms with van der Waals surface area (Å²) in [6.07, 6.45) is 4.91. The molecule has 0 bridgehead atoms. The van der Waals surface area contributed by atoms with Crippen molar-refractivity contribution < 1.29 is 14.3 Å². The molecule has 2 aromatic heterocycles. The van der Waals surface area contributed by atoms with Gasteiger partial charge in [0.1, 0.15) is 5.65 Å². The van der Waals surface area contributed by atoms with E-state index in [0.717, 1.165) is 22.0 Å². The van der Waals surface area contributed by atoms with Gasteiger partial charge in [-0.05, 0) is 42.8 Å². The van der Waals surface area contributed by atoms with Crippen LogP contribution in [0.2, 0.25) is 0 Å². The number of pyridine rings is 1. The monoisotopic (exact) mass is 397 g/mol. The Balaban J connectivity index is 1.52. The van der Waals surface area contributed by atoms with Crippen LogP contribution < -0.4 is 0 Å². The normalized spacial score (nSPS) is 10.8. The molecule has 146 valence electrons. The molecular weight excluding hydrogens is 374 g/mol. The Bertz CT molecular complexity index is 920. The highest BCUT2D eigenvalue weighted by molar-refractivity contribution is 7.98. The fraction of sp³-hybridized carbons (Fsp3) is 0.286. The molecule has 0 saturated carbocycles. The third-order valence-electron chi connectivity index (χ3n) is 4.35. The zero-order valence-electron chi connectivity index (χ0n) is 16.0. The molecule has 7 heteroatoms. The first-order valence-corrected chi connectivity index (χ1v) is 10.0. The topological polar surface area (TPSA) is 63.9 Å². The molecule has 1 amide bonds. The molecule has 0 spiro atoms. The van der Waals surface area contributed by atoms with Crippen LogP contribution in [0.1, 0.15) is 28.9 Å². The van der Waals surface area contributed by atoms with Crippen molar-refractivity contribution >= 4 is 29.3 Å². The maximum absolute atomic E-state index is 12.5. The number of ether oxygens (including phenoxy) is 1. The van der Waals surface area contributed by atoms with Gasteiger partial charge >= 0.3 is 5.97 Å². The molecular formula is C21H23N3O3S. The van der Waals surface area contributed by atoms with E-state index in [1.54, 1.807) is 23.7 Å². The fourth-order valence-electron chi connectivity index (χ4n) is 2.79. The summed E-state index contributed by atoms with van der Waals surface area (Å²) < 4.78 is 6.62. The molecule has 0 aliphatic rings. The van der Waals surface area contributed by atoms with Crippen molar-refractivity contribution in [2.45, 2.75) is 23.5 Å². The first-order chi connectivity index (χ1) is 13.6. The lowest BCUT2D eigenvalue weighted by molar-refractivity contribution is -0.140. The molecule has 0 N–H and O–H groups in total. The van der Waals surface area contributed by atoms with E-state index in [0.29, 0.717) is 24.9 Å². The van der Waals surface area contributed by atoms with E-state index in [1.807, 2.05) is 59.3 Å². The number of fused-ring (bicyclic) bond motifs is 1. The van der Waals surface area contributed by atoms with Crippen LogP contribution in [0.3, 0.4) is 0 Å². The van der Waals surface area contributed by atoms with Crippen LogP contribution in [-0.4, -0.2) is 46.9 Å². The Morgan fingerprint density at radius 1 is 1.18 bits per heavy atom. The van der Waals surface area contributed by atoms with Crippen molar-refractivity contribution in [3.63, 3.8) is 0 Å². The standard InChI is InChI=1S/C21H23N3O3S/c1-23(12-5-7-20(25)27-2)21(26)16-8-10-18(11-9-16)28-15-17-14-24-13-4-3-6-19(24)22-17/h3-4,6,8-11,13-14H,5,7,12,15H2,1-2H3. The van der Waals surface area contributed by atoms with E-state index in [1.165, 1.54) is 7.11 Å². The second-order valence-corrected chi connectivity index (χ2v) is 7.47. The Labute approximate surface area is 168 Å². The van der Waals surface area contributed by atoms with Gasteiger partial charge in [0, 0.05) is 48.6 Å². The molecule has 0 aliphatic heterocycles. The van der Waals surface area contributed by atoms with Crippen LogP contribution in [0.15, 0.2) is 59.8 Å². The lowest BCUT2D eigenvalue weighted by Crippen LogP contribution is -2.28. The average Bonchev–Trinajstić information content (AvgIpc) is 3.15. The number of esters is 1. The van der Waals surface area contributed by atoms with Gasteiger partial charge in [-0.25, -0.2) is 4.98 Å². The number of methoxy groups -OCH3 is 1. The molecule has 1 aromatic carbocycles. The number of aromatic nitrogens is 2. The van der Waals surface area contributed by atoms with Crippen molar-refractivity contribution in [2.75, 3.05) is 20.7 Å². The number of hydrogen-bond acceptors (Lipinski definition) is 5. The number of imidazole rings is 1. The zero-order chi connectivity index (χ0) is 19.9. The molecule has 3 rings (SSSR count). The maximum atomic E-state index is 12.5. The smallest absolute Gasteiger partial charge is 0.305 e. The third-order valence-corrected chi connectivity index (χ3v) is 5.40. The second kappa shape index (κ2) is 9.41. The van der Waals surface area contributed by atoms with E-state index >= 15 is 0 Å². The van der Waals surface area contributed by atoms with Crippen LogP contribution in [0.4, 0.5) is 0 Å². The summed E-state index contributed by atoms with van der Waals surface area (Å²) in [5.74, 6) is 0.456. The van der Waals surface area contributed by atoms with Crippen molar-refractivity contribution in [1.29, 1.82) is 0 Å². The largest absolute Gasteiger partial charge is 0.469 e. The fourth-order valence-corrected chi connectivity index (χ4v) is 3.57. The molecule has 28 heavy (non-hydrogen) atoms. The predicted octanol–water partition coefficient (Wildman–Crippen LogP) is 3.65. The number of thioether (sulfide) groups is 1. The van der Waals surface area contributed by atoms with Crippen LogP contribution in [0.5, 0.6) is 0 Å². The van der Waals surface area contributed by atoms with E-state index in [2.05, 4.69) is 9.72 Å².